The molecule has 0 fully saturated rings. The molecule has 0 unspecified atom stereocenters. The van der Waals surface area contributed by atoms with E-state index in [1.807, 2.05) is 0 Å². The second-order valence-electron chi connectivity index (χ2n) is 18.0. The summed E-state index contributed by atoms with van der Waals surface area (Å²) < 4.78 is 6.63. The van der Waals surface area contributed by atoms with E-state index >= 15 is 0 Å². The van der Waals surface area contributed by atoms with Gasteiger partial charge in [0.25, 0.3) is 0 Å². The fourth-order valence-electron chi connectivity index (χ4n) is 10.9. The van der Waals surface area contributed by atoms with Gasteiger partial charge >= 0.3 is 0 Å². The molecule has 0 amide bonds. The van der Waals surface area contributed by atoms with E-state index in [1.54, 1.807) is 0 Å². The molecule has 12 aromatic rings. The number of anilines is 3. The lowest BCUT2D eigenvalue weighted by atomic mass is 9.79. The van der Waals surface area contributed by atoms with Gasteiger partial charge in [-0.25, -0.2) is 0 Å². The first kappa shape index (κ1) is 37.4. The van der Waals surface area contributed by atoms with Crippen LogP contribution in [0.3, 0.4) is 0 Å². The molecule has 11 aromatic carbocycles. The Morgan fingerprint density at radius 3 is 1.77 bits per heavy atom. The monoisotopic (exact) mass is 829 g/mol. The van der Waals surface area contributed by atoms with E-state index in [-0.39, 0.29) is 5.41 Å². The van der Waals surface area contributed by atoms with Crippen LogP contribution in [0.4, 0.5) is 17.1 Å². The van der Waals surface area contributed by atoms with E-state index in [4.69, 9.17) is 4.42 Å². The highest BCUT2D eigenvalue weighted by Crippen LogP contribution is 2.52. The molecular formula is C63H43NO. The summed E-state index contributed by atoms with van der Waals surface area (Å²) in [7, 11) is 0. The second kappa shape index (κ2) is 14.4. The summed E-state index contributed by atoms with van der Waals surface area (Å²) in [6.45, 7) is 4.73. The van der Waals surface area contributed by atoms with Crippen LogP contribution in [0.5, 0.6) is 0 Å². The SMILES string of the molecule is CC1(C)c2ccccc2-c2cccc(-c3ccc(N(c4ccc(-c5ccc6c(ccc7ccccc76)c5)cc4)c4cccc(-c5cccc6oc7c8ccccc8ccc7c56)c4)cc3)c21. The average molecular weight is 830 g/mol. The molecule has 306 valence electrons. The van der Waals surface area contributed by atoms with Crippen molar-refractivity contribution in [3.63, 3.8) is 0 Å². The van der Waals surface area contributed by atoms with Gasteiger partial charge in [0.05, 0.1) is 0 Å². The summed E-state index contributed by atoms with van der Waals surface area (Å²) in [5, 5.41) is 9.64. The van der Waals surface area contributed by atoms with Crippen LogP contribution in [0, 0.1) is 0 Å². The summed E-state index contributed by atoms with van der Waals surface area (Å²) in [5.41, 5.74) is 17.6. The Morgan fingerprint density at radius 1 is 0.354 bits per heavy atom. The highest BCUT2D eigenvalue weighted by Gasteiger charge is 2.37. The number of rotatable bonds is 6. The first-order valence-electron chi connectivity index (χ1n) is 22.6. The van der Waals surface area contributed by atoms with Gasteiger partial charge in [-0.05, 0) is 137 Å². The summed E-state index contributed by atoms with van der Waals surface area (Å²) in [4.78, 5) is 2.39. The van der Waals surface area contributed by atoms with Gasteiger partial charge in [0.2, 0.25) is 0 Å². The molecule has 2 nitrogen and oxygen atoms in total. The van der Waals surface area contributed by atoms with Crippen LogP contribution in [-0.2, 0) is 5.41 Å². The second-order valence-corrected chi connectivity index (χ2v) is 18.0. The molecule has 0 N–H and O–H groups in total. The van der Waals surface area contributed by atoms with Gasteiger partial charge in [0.1, 0.15) is 11.2 Å². The van der Waals surface area contributed by atoms with Crippen molar-refractivity contribution >= 4 is 71.3 Å². The fourth-order valence-corrected chi connectivity index (χ4v) is 10.9. The van der Waals surface area contributed by atoms with Crippen molar-refractivity contribution < 1.29 is 4.42 Å². The zero-order chi connectivity index (χ0) is 43.2. The molecule has 13 rings (SSSR count). The summed E-state index contributed by atoms with van der Waals surface area (Å²) in [5.74, 6) is 0. The first-order chi connectivity index (χ1) is 32.0. The van der Waals surface area contributed by atoms with E-state index in [9.17, 15) is 0 Å². The lowest BCUT2D eigenvalue weighted by molar-refractivity contribution is 0.662. The molecule has 0 bridgehead atoms. The molecular weight excluding hydrogens is 787 g/mol. The van der Waals surface area contributed by atoms with E-state index < -0.39 is 0 Å². The van der Waals surface area contributed by atoms with Crippen LogP contribution < -0.4 is 4.90 Å². The Balaban J connectivity index is 0.931. The van der Waals surface area contributed by atoms with Crippen molar-refractivity contribution in [3.05, 3.63) is 236 Å². The summed E-state index contributed by atoms with van der Waals surface area (Å²) in [6.07, 6.45) is 0. The Kier molecular flexibility index (Phi) is 8.29. The van der Waals surface area contributed by atoms with Crippen LogP contribution in [0.1, 0.15) is 25.0 Å². The van der Waals surface area contributed by atoms with Gasteiger partial charge in [-0.2, -0.15) is 0 Å². The molecule has 0 atom stereocenters. The third-order valence-electron chi connectivity index (χ3n) is 14.0. The lowest BCUT2D eigenvalue weighted by Gasteiger charge is -2.27. The molecule has 0 radical (unpaired) electrons. The molecule has 1 heterocycles. The van der Waals surface area contributed by atoms with E-state index in [1.165, 1.54) is 71.4 Å². The van der Waals surface area contributed by atoms with Crippen LogP contribution in [0.2, 0.25) is 0 Å². The van der Waals surface area contributed by atoms with Crippen LogP contribution >= 0.6 is 0 Å². The minimum atomic E-state index is -0.107. The van der Waals surface area contributed by atoms with E-state index in [0.717, 1.165) is 55.5 Å². The number of hydrogen-bond acceptors (Lipinski definition) is 2. The molecule has 0 saturated carbocycles. The van der Waals surface area contributed by atoms with Crippen molar-refractivity contribution in [2.24, 2.45) is 0 Å². The maximum atomic E-state index is 6.63. The molecule has 1 aromatic heterocycles. The predicted molar refractivity (Wildman–Crippen MR) is 275 cm³/mol. The third-order valence-corrected chi connectivity index (χ3v) is 14.0. The van der Waals surface area contributed by atoms with Gasteiger partial charge in [-0.1, -0.05) is 184 Å². The van der Waals surface area contributed by atoms with Crippen molar-refractivity contribution in [1.82, 2.24) is 0 Å². The zero-order valence-corrected chi connectivity index (χ0v) is 36.2. The van der Waals surface area contributed by atoms with Gasteiger partial charge in [0.15, 0.2) is 0 Å². The Bertz CT molecular complexity index is 3850. The number of benzene rings is 11. The first-order valence-corrected chi connectivity index (χ1v) is 22.6. The lowest BCUT2D eigenvalue weighted by Crippen LogP contribution is -2.16. The highest BCUT2D eigenvalue weighted by molar-refractivity contribution is 6.19. The Labute approximate surface area is 378 Å². The Hall–Kier alpha value is -8.20. The topological polar surface area (TPSA) is 16.4 Å². The van der Waals surface area contributed by atoms with Gasteiger partial charge < -0.3 is 9.32 Å². The minimum absolute atomic E-state index is 0.107. The normalized spacial score (nSPS) is 12.9. The molecule has 0 aliphatic heterocycles. The average Bonchev–Trinajstić information content (AvgIpc) is 3.87. The summed E-state index contributed by atoms with van der Waals surface area (Å²) in [6, 6.07) is 82.1. The van der Waals surface area contributed by atoms with Crippen molar-refractivity contribution in [2.45, 2.75) is 19.3 Å². The molecule has 1 aliphatic carbocycles. The quantitative estimate of drug-likeness (QED) is 0.155. The van der Waals surface area contributed by atoms with E-state index in [2.05, 4.69) is 243 Å². The molecule has 0 saturated heterocycles. The molecule has 2 heteroatoms. The predicted octanol–water partition coefficient (Wildman–Crippen LogP) is 17.8. The smallest absolute Gasteiger partial charge is 0.143 e. The number of nitrogens with zero attached hydrogens (tertiary/aromatic N) is 1. The van der Waals surface area contributed by atoms with Gasteiger partial charge in [-0.15, -0.1) is 0 Å². The van der Waals surface area contributed by atoms with Gasteiger partial charge in [-0.3, -0.25) is 0 Å². The minimum Gasteiger partial charge on any atom is -0.455 e. The van der Waals surface area contributed by atoms with Crippen LogP contribution in [0.15, 0.2) is 229 Å². The molecule has 1 aliphatic rings. The Morgan fingerprint density at radius 2 is 0.938 bits per heavy atom. The van der Waals surface area contributed by atoms with Crippen molar-refractivity contribution in [1.29, 1.82) is 0 Å². The molecule has 0 spiro atoms. The number of furan rings is 1. The number of fused-ring (bicyclic) bond motifs is 11. The standard InChI is InChI=1S/C63H43NO/c1-63(2)58-22-8-7-18-55(58)56-21-10-20-53(61(56)63)43-28-34-48(35-29-43)64(47-32-26-40(27-33-47)44-31-36-51-46(38-44)25-24-41-12-3-5-16-50(41)51)49-15-9-14-45(39-49)52-19-11-23-59-60(52)57-37-30-42-13-4-6-17-54(42)62(57)65-59/h3-39H,1-2H3. The highest BCUT2D eigenvalue weighted by atomic mass is 16.3. The van der Waals surface area contributed by atoms with E-state index in [0.29, 0.717) is 0 Å². The fraction of sp³-hybridized carbons (Fsp3) is 0.0476. The van der Waals surface area contributed by atoms with Gasteiger partial charge in [0, 0.05) is 38.6 Å². The van der Waals surface area contributed by atoms with Crippen LogP contribution in [-0.4, -0.2) is 0 Å². The summed E-state index contributed by atoms with van der Waals surface area (Å²) >= 11 is 0. The molecule has 65 heavy (non-hydrogen) atoms. The number of hydrogen-bond donors (Lipinski definition) is 0. The largest absolute Gasteiger partial charge is 0.455 e. The third kappa shape index (κ3) is 5.88. The van der Waals surface area contributed by atoms with Crippen LogP contribution in [0.25, 0.3) is 98.8 Å². The van der Waals surface area contributed by atoms with Crippen molar-refractivity contribution in [2.75, 3.05) is 4.90 Å². The maximum Gasteiger partial charge on any atom is 0.143 e. The maximum absolute atomic E-state index is 6.63. The zero-order valence-electron chi connectivity index (χ0n) is 36.2. The van der Waals surface area contributed by atoms with Crippen molar-refractivity contribution in [3.8, 4) is 44.5 Å².